The van der Waals surface area contributed by atoms with Crippen LogP contribution in [-0.4, -0.2) is 0 Å². The number of rotatable bonds is 2. The Morgan fingerprint density at radius 3 is 2.82 bits per heavy atom. The van der Waals surface area contributed by atoms with E-state index < -0.39 is 0 Å². The Kier molecular flexibility index (Phi) is 2.38. The maximum Gasteiger partial charge on any atom is 0.100 e. The molecule has 0 aliphatic carbocycles. The molecule has 0 fully saturated rings. The van der Waals surface area contributed by atoms with E-state index >= 15 is 0 Å². The molecule has 0 heterocycles. The number of nitrogens with zero attached hydrogens (tertiary/aromatic N) is 2. The van der Waals surface area contributed by atoms with Gasteiger partial charge in [-0.25, -0.2) is 0 Å². The summed E-state index contributed by atoms with van der Waals surface area (Å²) in [6, 6.07) is 5.77. The van der Waals surface area contributed by atoms with Gasteiger partial charge in [-0.3, -0.25) is 0 Å². The average molecular weight is 175 g/mol. The van der Waals surface area contributed by atoms with Gasteiger partial charge >= 0.3 is 0 Å². The van der Waals surface area contributed by atoms with Crippen LogP contribution in [0.5, 0.6) is 0 Å². The van der Waals surface area contributed by atoms with Gasteiger partial charge < -0.3 is 0 Å². The second-order valence-corrected chi connectivity index (χ2v) is 2.26. The van der Waals surface area contributed by atoms with Crippen molar-refractivity contribution in [1.82, 2.24) is 0 Å². The fourth-order valence-electron chi connectivity index (χ4n) is 0.638. The highest BCUT2D eigenvalue weighted by atomic mass is 35.5. The molecular weight excluding hydrogens is 171 g/mol. The van der Waals surface area contributed by atoms with Crippen molar-refractivity contribution in [3.63, 3.8) is 0 Å². The van der Waals surface area contributed by atoms with Crippen LogP contribution >= 0.6 is 11.6 Å². The predicted molar refractivity (Wildman–Crippen MR) is 40.8 cm³/mol. The first-order valence-electron chi connectivity index (χ1n) is 2.79. The van der Waals surface area contributed by atoms with E-state index in [1.807, 2.05) is 0 Å². The predicted octanol–water partition coefficient (Wildman–Crippen LogP) is 2.71. The molecule has 0 saturated carbocycles. The molecule has 0 saturated heterocycles. The van der Waals surface area contributed by atoms with Gasteiger partial charge in [0.1, 0.15) is 5.69 Å². The Balaban J connectivity index is 2.95. The van der Waals surface area contributed by atoms with Crippen molar-refractivity contribution in [2.24, 2.45) is 5.29 Å². The van der Waals surface area contributed by atoms with Crippen molar-refractivity contribution in [2.45, 2.75) is 0 Å². The standard InChI is InChI=1S/C6H4ClFN2O/c7-5-2-1-3-6(4-5)10(8)9-11/h1-4H. The molecule has 11 heavy (non-hydrogen) atoms. The Morgan fingerprint density at radius 2 is 2.27 bits per heavy atom. The number of hydrogen-bond acceptors (Lipinski definition) is 2. The number of hydrogen-bond donors (Lipinski definition) is 0. The normalized spacial score (nSPS) is 9.27. The van der Waals surface area contributed by atoms with Crippen molar-refractivity contribution in [3.8, 4) is 0 Å². The lowest BCUT2D eigenvalue weighted by Crippen LogP contribution is -1.99. The van der Waals surface area contributed by atoms with Crippen LogP contribution in [-0.2, 0) is 0 Å². The highest BCUT2D eigenvalue weighted by Gasteiger charge is 2.03. The van der Waals surface area contributed by atoms with E-state index in [1.54, 1.807) is 6.07 Å². The van der Waals surface area contributed by atoms with Gasteiger partial charge in [-0.2, -0.15) is 0 Å². The molecule has 0 bridgehead atoms. The molecule has 0 radical (unpaired) electrons. The minimum Gasteiger partial charge on any atom is -0.122 e. The average Bonchev–Trinajstić information content (AvgIpc) is 2.03. The highest BCUT2D eigenvalue weighted by molar-refractivity contribution is 6.30. The summed E-state index contributed by atoms with van der Waals surface area (Å²) in [6.07, 6.45) is 0. The van der Waals surface area contributed by atoms with Crippen molar-refractivity contribution in [3.05, 3.63) is 34.2 Å². The zero-order valence-electron chi connectivity index (χ0n) is 5.37. The van der Waals surface area contributed by atoms with Crippen molar-refractivity contribution in [1.29, 1.82) is 0 Å². The lowest BCUT2D eigenvalue weighted by atomic mass is 10.3. The van der Waals surface area contributed by atoms with E-state index in [9.17, 15) is 9.39 Å². The van der Waals surface area contributed by atoms with E-state index in [2.05, 4.69) is 5.29 Å². The molecule has 0 unspecified atom stereocenters. The summed E-state index contributed by atoms with van der Waals surface area (Å²) in [7, 11) is 0. The summed E-state index contributed by atoms with van der Waals surface area (Å²) < 4.78 is 12.3. The Bertz CT molecular complexity index is 269. The van der Waals surface area contributed by atoms with Gasteiger partial charge in [-0.15, -0.1) is 4.91 Å². The number of nitroso groups, excluding NO2 is 1. The van der Waals surface area contributed by atoms with Crippen molar-refractivity contribution >= 4 is 17.3 Å². The van der Waals surface area contributed by atoms with Crippen molar-refractivity contribution in [2.75, 3.05) is 5.23 Å². The third-order valence-electron chi connectivity index (χ3n) is 1.09. The quantitative estimate of drug-likeness (QED) is 0.392. The van der Waals surface area contributed by atoms with Gasteiger partial charge in [-0.05, 0) is 18.2 Å². The highest BCUT2D eigenvalue weighted by Crippen LogP contribution is 2.19. The molecule has 58 valence electrons. The molecule has 0 amide bonds. The Hall–Kier alpha value is -1.16. The maximum absolute atomic E-state index is 12.3. The molecule has 1 aromatic rings. The number of anilines is 1. The fraction of sp³-hybridized carbons (Fsp3) is 0. The molecule has 3 nitrogen and oxygen atoms in total. The van der Waals surface area contributed by atoms with Gasteiger partial charge in [0.05, 0.1) is 5.29 Å². The van der Waals surface area contributed by atoms with Crippen LogP contribution in [0.3, 0.4) is 0 Å². The van der Waals surface area contributed by atoms with Gasteiger partial charge in [0.15, 0.2) is 0 Å². The van der Waals surface area contributed by atoms with E-state index in [1.165, 1.54) is 18.2 Å². The second-order valence-electron chi connectivity index (χ2n) is 1.82. The fourth-order valence-corrected chi connectivity index (χ4v) is 0.823. The number of benzene rings is 1. The SMILES string of the molecule is O=NN(F)c1cccc(Cl)c1. The topological polar surface area (TPSA) is 32.7 Å². The summed E-state index contributed by atoms with van der Waals surface area (Å²) >= 11 is 5.51. The van der Waals surface area contributed by atoms with Crippen LogP contribution < -0.4 is 5.23 Å². The second kappa shape index (κ2) is 3.30. The van der Waals surface area contributed by atoms with E-state index in [4.69, 9.17) is 11.6 Å². The first kappa shape index (κ1) is 7.94. The summed E-state index contributed by atoms with van der Waals surface area (Å²) in [5, 5.41) is 2.13. The largest absolute Gasteiger partial charge is 0.122 e. The molecular formula is C6H4ClFN2O. The lowest BCUT2D eigenvalue weighted by Gasteiger charge is -2.01. The third-order valence-corrected chi connectivity index (χ3v) is 1.33. The molecule has 0 atom stereocenters. The molecule has 0 N–H and O–H groups in total. The summed E-state index contributed by atoms with van der Waals surface area (Å²) in [4.78, 5) is 9.67. The van der Waals surface area contributed by atoms with Crippen LogP contribution in [0, 0.1) is 4.91 Å². The monoisotopic (exact) mass is 174 g/mol. The zero-order valence-corrected chi connectivity index (χ0v) is 6.12. The lowest BCUT2D eigenvalue weighted by molar-refractivity contribution is 0.444. The Morgan fingerprint density at radius 1 is 1.55 bits per heavy atom. The van der Waals surface area contributed by atoms with Crippen LogP contribution in [0.4, 0.5) is 10.2 Å². The first-order chi connectivity index (χ1) is 5.24. The van der Waals surface area contributed by atoms with Crippen molar-refractivity contribution < 1.29 is 4.48 Å². The molecule has 0 aliphatic heterocycles. The van der Waals surface area contributed by atoms with E-state index in [-0.39, 0.29) is 10.9 Å². The number of halogens is 2. The molecule has 0 aromatic heterocycles. The van der Waals surface area contributed by atoms with Gasteiger partial charge in [-0.1, -0.05) is 27.4 Å². The molecule has 1 rings (SSSR count). The van der Waals surface area contributed by atoms with Crippen LogP contribution in [0.2, 0.25) is 5.02 Å². The maximum atomic E-state index is 12.3. The Labute approximate surface area is 67.3 Å². The third kappa shape index (κ3) is 1.88. The molecule has 0 aliphatic rings. The van der Waals surface area contributed by atoms with Crippen LogP contribution in [0.25, 0.3) is 0 Å². The summed E-state index contributed by atoms with van der Waals surface area (Å²) in [5.41, 5.74) is 0.0208. The minimum absolute atomic E-state index is 0.0208. The smallest absolute Gasteiger partial charge is 0.100 e. The minimum atomic E-state index is -0.286. The zero-order chi connectivity index (χ0) is 8.27. The van der Waals surface area contributed by atoms with Gasteiger partial charge in [0.2, 0.25) is 0 Å². The summed E-state index contributed by atoms with van der Waals surface area (Å²) in [5.74, 6) is 0. The first-order valence-corrected chi connectivity index (χ1v) is 3.16. The van der Waals surface area contributed by atoms with Crippen LogP contribution in [0.15, 0.2) is 29.6 Å². The van der Waals surface area contributed by atoms with Crippen LogP contribution in [0.1, 0.15) is 0 Å². The molecule has 5 heteroatoms. The van der Waals surface area contributed by atoms with Gasteiger partial charge in [0, 0.05) is 5.02 Å². The molecule has 0 spiro atoms. The van der Waals surface area contributed by atoms with E-state index in [0.29, 0.717) is 5.02 Å². The molecule has 1 aromatic carbocycles. The summed E-state index contributed by atoms with van der Waals surface area (Å²) in [6.45, 7) is 0. The van der Waals surface area contributed by atoms with Gasteiger partial charge in [0.25, 0.3) is 0 Å². The van der Waals surface area contributed by atoms with E-state index in [0.717, 1.165) is 0 Å².